The summed E-state index contributed by atoms with van der Waals surface area (Å²) in [5.41, 5.74) is 0. The minimum atomic E-state index is 0.268. The van der Waals surface area contributed by atoms with Crippen LogP contribution in [0.25, 0.3) is 0 Å². The molecule has 1 fully saturated rings. The molecule has 3 nitrogen and oxygen atoms in total. The average molecular weight is 200 g/mol. The van der Waals surface area contributed by atoms with Gasteiger partial charge in [-0.15, -0.1) is 0 Å². The van der Waals surface area contributed by atoms with Gasteiger partial charge in [0.15, 0.2) is 0 Å². The van der Waals surface area contributed by atoms with E-state index in [2.05, 4.69) is 37.6 Å². The second-order valence-electron chi connectivity index (χ2n) is 4.73. The third-order valence-corrected chi connectivity index (χ3v) is 3.49. The minimum Gasteiger partial charge on any atom is -0.395 e. The fourth-order valence-corrected chi connectivity index (χ4v) is 2.06. The Kier molecular flexibility index (Phi) is 4.35. The van der Waals surface area contributed by atoms with Gasteiger partial charge in [-0.3, -0.25) is 9.80 Å². The summed E-state index contributed by atoms with van der Waals surface area (Å²) in [6.45, 7) is 9.11. The number of hydrogen-bond donors (Lipinski definition) is 1. The lowest BCUT2D eigenvalue weighted by molar-refractivity contribution is 0.103. The molecule has 0 aromatic carbocycles. The van der Waals surface area contributed by atoms with Crippen molar-refractivity contribution in [3.8, 4) is 0 Å². The van der Waals surface area contributed by atoms with E-state index in [1.165, 1.54) is 6.42 Å². The highest BCUT2D eigenvalue weighted by Crippen LogP contribution is 2.15. The second kappa shape index (κ2) is 5.10. The molecule has 0 aromatic rings. The van der Waals surface area contributed by atoms with Crippen molar-refractivity contribution in [1.82, 2.24) is 9.80 Å². The maximum Gasteiger partial charge on any atom is 0.0599 e. The maximum atomic E-state index is 9.34. The molecule has 14 heavy (non-hydrogen) atoms. The lowest BCUT2D eigenvalue weighted by Crippen LogP contribution is -2.45. The standard InChI is InChI=1S/C11H24N2O/c1-9(2)13-6-5-10(3)12(4)11(7-13)8-14/h9-11,14H,5-8H2,1-4H3. The van der Waals surface area contributed by atoms with E-state index >= 15 is 0 Å². The summed E-state index contributed by atoms with van der Waals surface area (Å²) < 4.78 is 0. The summed E-state index contributed by atoms with van der Waals surface area (Å²) >= 11 is 0. The number of rotatable bonds is 2. The maximum absolute atomic E-state index is 9.34. The molecule has 2 atom stereocenters. The van der Waals surface area contributed by atoms with Crippen LogP contribution in [0.1, 0.15) is 27.2 Å². The molecule has 2 unspecified atom stereocenters. The summed E-state index contributed by atoms with van der Waals surface area (Å²) in [4.78, 5) is 4.77. The van der Waals surface area contributed by atoms with Crippen LogP contribution in [0.5, 0.6) is 0 Å². The molecule has 3 heteroatoms. The van der Waals surface area contributed by atoms with Crippen LogP contribution < -0.4 is 0 Å². The van der Waals surface area contributed by atoms with Crippen LogP contribution in [0.3, 0.4) is 0 Å². The first-order valence-electron chi connectivity index (χ1n) is 5.63. The normalized spacial score (nSPS) is 32.1. The predicted octanol–water partition coefficient (Wildman–Crippen LogP) is 0.782. The average Bonchev–Trinajstić information content (AvgIpc) is 2.28. The number of aliphatic hydroxyl groups excluding tert-OH is 1. The molecule has 1 N–H and O–H groups in total. The summed E-state index contributed by atoms with van der Waals surface area (Å²) in [5.74, 6) is 0. The van der Waals surface area contributed by atoms with Crippen molar-refractivity contribution in [2.45, 2.75) is 45.3 Å². The molecule has 1 saturated heterocycles. The molecule has 0 aromatic heterocycles. The van der Waals surface area contributed by atoms with Crippen molar-refractivity contribution in [3.05, 3.63) is 0 Å². The van der Waals surface area contributed by atoms with Gasteiger partial charge in [-0.05, 0) is 40.8 Å². The van der Waals surface area contributed by atoms with Crippen LogP contribution in [-0.2, 0) is 0 Å². The molecule has 1 rings (SSSR count). The summed E-state index contributed by atoms with van der Waals surface area (Å²) in [7, 11) is 2.12. The topological polar surface area (TPSA) is 26.7 Å². The van der Waals surface area contributed by atoms with E-state index in [-0.39, 0.29) is 6.61 Å². The van der Waals surface area contributed by atoms with Crippen LogP contribution in [0.4, 0.5) is 0 Å². The van der Waals surface area contributed by atoms with Crippen LogP contribution in [0, 0.1) is 0 Å². The number of aliphatic hydroxyl groups is 1. The van der Waals surface area contributed by atoms with Crippen LogP contribution in [0.15, 0.2) is 0 Å². The first kappa shape index (κ1) is 12.0. The Morgan fingerprint density at radius 1 is 1.43 bits per heavy atom. The molecular weight excluding hydrogens is 176 g/mol. The smallest absolute Gasteiger partial charge is 0.0599 e. The molecule has 0 amide bonds. The van der Waals surface area contributed by atoms with Crippen LogP contribution in [0.2, 0.25) is 0 Å². The van der Waals surface area contributed by atoms with Gasteiger partial charge in [0.2, 0.25) is 0 Å². The predicted molar refractivity (Wildman–Crippen MR) is 59.4 cm³/mol. The van der Waals surface area contributed by atoms with Gasteiger partial charge in [0.25, 0.3) is 0 Å². The van der Waals surface area contributed by atoms with Crippen molar-refractivity contribution in [3.63, 3.8) is 0 Å². The Morgan fingerprint density at radius 2 is 2.07 bits per heavy atom. The summed E-state index contributed by atoms with van der Waals surface area (Å²) in [5, 5.41) is 9.34. The monoisotopic (exact) mass is 200 g/mol. The van der Waals surface area contributed by atoms with Crippen molar-refractivity contribution < 1.29 is 5.11 Å². The molecule has 0 saturated carbocycles. The zero-order chi connectivity index (χ0) is 10.7. The highest BCUT2D eigenvalue weighted by Gasteiger charge is 2.26. The van der Waals surface area contributed by atoms with Crippen molar-refractivity contribution in [2.24, 2.45) is 0 Å². The van der Waals surface area contributed by atoms with Gasteiger partial charge in [0.05, 0.1) is 6.61 Å². The Bertz CT molecular complexity index is 173. The van der Waals surface area contributed by atoms with Gasteiger partial charge in [0.1, 0.15) is 0 Å². The summed E-state index contributed by atoms with van der Waals surface area (Å²) in [6.07, 6.45) is 1.20. The SMILES string of the molecule is CC(C)N1CCC(C)N(C)C(CO)C1. The molecular formula is C11H24N2O. The number of nitrogens with zero attached hydrogens (tertiary/aromatic N) is 2. The highest BCUT2D eigenvalue weighted by atomic mass is 16.3. The zero-order valence-corrected chi connectivity index (χ0v) is 9.90. The van der Waals surface area contributed by atoms with Gasteiger partial charge < -0.3 is 5.11 Å². The molecule has 0 spiro atoms. The van der Waals surface area contributed by atoms with E-state index in [0.29, 0.717) is 18.1 Å². The van der Waals surface area contributed by atoms with Gasteiger partial charge in [-0.1, -0.05) is 0 Å². The van der Waals surface area contributed by atoms with Crippen molar-refractivity contribution in [1.29, 1.82) is 0 Å². The fourth-order valence-electron chi connectivity index (χ4n) is 2.06. The highest BCUT2D eigenvalue weighted by molar-refractivity contribution is 4.82. The Balaban J connectivity index is 2.64. The third kappa shape index (κ3) is 2.69. The quantitative estimate of drug-likeness (QED) is 0.713. The first-order chi connectivity index (χ1) is 6.56. The first-order valence-corrected chi connectivity index (χ1v) is 5.63. The Morgan fingerprint density at radius 3 is 2.57 bits per heavy atom. The van der Waals surface area contributed by atoms with Gasteiger partial charge >= 0.3 is 0 Å². The Labute approximate surface area is 87.7 Å². The zero-order valence-electron chi connectivity index (χ0n) is 9.90. The van der Waals surface area contributed by atoms with Gasteiger partial charge in [-0.2, -0.15) is 0 Å². The largest absolute Gasteiger partial charge is 0.395 e. The molecule has 0 radical (unpaired) electrons. The molecule has 84 valence electrons. The van der Waals surface area contributed by atoms with E-state index in [9.17, 15) is 5.11 Å². The van der Waals surface area contributed by atoms with E-state index < -0.39 is 0 Å². The summed E-state index contributed by atoms with van der Waals surface area (Å²) in [6, 6.07) is 1.47. The lowest BCUT2D eigenvalue weighted by Gasteiger charge is -2.31. The molecule has 0 bridgehead atoms. The number of hydrogen-bond acceptors (Lipinski definition) is 3. The van der Waals surface area contributed by atoms with Crippen LogP contribution >= 0.6 is 0 Å². The van der Waals surface area contributed by atoms with Gasteiger partial charge in [-0.25, -0.2) is 0 Å². The van der Waals surface area contributed by atoms with E-state index in [4.69, 9.17) is 0 Å². The van der Waals surface area contributed by atoms with Crippen molar-refractivity contribution >= 4 is 0 Å². The Hall–Kier alpha value is -0.120. The number of likely N-dealkylation sites (N-methyl/N-ethyl adjacent to an activating group) is 1. The van der Waals surface area contributed by atoms with Gasteiger partial charge in [0, 0.05) is 24.7 Å². The molecule has 1 aliphatic rings. The second-order valence-corrected chi connectivity index (χ2v) is 4.73. The van der Waals surface area contributed by atoms with E-state index in [1.54, 1.807) is 0 Å². The van der Waals surface area contributed by atoms with E-state index in [1.807, 2.05) is 0 Å². The lowest BCUT2D eigenvalue weighted by atomic mass is 10.2. The third-order valence-electron chi connectivity index (χ3n) is 3.49. The van der Waals surface area contributed by atoms with Crippen molar-refractivity contribution in [2.75, 3.05) is 26.7 Å². The molecule has 0 aliphatic carbocycles. The minimum absolute atomic E-state index is 0.268. The van der Waals surface area contributed by atoms with Crippen LogP contribution in [-0.4, -0.2) is 59.8 Å². The molecule has 1 heterocycles. The molecule has 1 aliphatic heterocycles. The van der Waals surface area contributed by atoms with E-state index in [0.717, 1.165) is 13.1 Å². The fraction of sp³-hybridized carbons (Fsp3) is 1.00.